The Balaban J connectivity index is 1.11. The Morgan fingerprint density at radius 3 is 2.50 bits per heavy atom. The minimum atomic E-state index is -1.29. The van der Waals surface area contributed by atoms with Crippen LogP contribution < -0.4 is 5.73 Å². The molecule has 9 nitrogen and oxygen atoms in total. The van der Waals surface area contributed by atoms with Crippen LogP contribution in [0.4, 0.5) is 0 Å². The van der Waals surface area contributed by atoms with Crippen molar-refractivity contribution < 1.29 is 34.3 Å². The fraction of sp³-hybridized carbons (Fsp3) is 0.973. The number of carbonyl (C=O) groups excluding carboxylic acids is 1. The van der Waals surface area contributed by atoms with Crippen molar-refractivity contribution >= 4 is 5.91 Å². The van der Waals surface area contributed by atoms with E-state index in [1.54, 1.807) is 13.8 Å². The van der Waals surface area contributed by atoms with Crippen molar-refractivity contribution in [3.05, 3.63) is 0 Å². The Hall–Kier alpha value is -0.810. The molecule has 46 heavy (non-hydrogen) atoms. The van der Waals surface area contributed by atoms with Gasteiger partial charge in [0.05, 0.1) is 48.7 Å². The maximum atomic E-state index is 12.6. The van der Waals surface area contributed by atoms with Gasteiger partial charge in [0.2, 0.25) is 5.91 Å². The second-order valence-electron chi connectivity index (χ2n) is 18.3. The molecule has 262 valence electrons. The zero-order valence-electron chi connectivity index (χ0n) is 29.5. The molecule has 1 amide bonds. The average molecular weight is 647 g/mol. The smallest absolute Gasteiger partial charge is 0.222 e. The number of morpholine rings is 1. The molecular weight excluding hydrogens is 584 g/mol. The number of nitrogens with two attached hydrogens (primary N) is 1. The number of hydrogen-bond donors (Lipinski definition) is 4. The van der Waals surface area contributed by atoms with Crippen LogP contribution in [0.5, 0.6) is 0 Å². The van der Waals surface area contributed by atoms with Gasteiger partial charge in [-0.2, -0.15) is 0 Å². The summed E-state index contributed by atoms with van der Waals surface area (Å²) in [6.07, 6.45) is 6.40. The number of hydrogen-bond acceptors (Lipinski definition) is 8. The Kier molecular flexibility index (Phi) is 7.94. The van der Waals surface area contributed by atoms with E-state index in [1.807, 2.05) is 11.8 Å². The Morgan fingerprint density at radius 2 is 1.80 bits per heavy atom. The van der Waals surface area contributed by atoms with Crippen molar-refractivity contribution in [1.82, 2.24) is 4.90 Å². The maximum absolute atomic E-state index is 12.6. The highest BCUT2D eigenvalue weighted by molar-refractivity contribution is 5.76. The quantitative estimate of drug-likeness (QED) is 0.341. The van der Waals surface area contributed by atoms with Crippen molar-refractivity contribution in [2.75, 3.05) is 19.7 Å². The van der Waals surface area contributed by atoms with Gasteiger partial charge < -0.3 is 40.2 Å². The average Bonchev–Trinajstić information content (AvgIpc) is 3.62. The van der Waals surface area contributed by atoms with Gasteiger partial charge in [-0.25, -0.2) is 0 Å². The number of amides is 1. The van der Waals surface area contributed by atoms with Gasteiger partial charge in [-0.3, -0.25) is 4.79 Å². The lowest BCUT2D eigenvalue weighted by atomic mass is 9.43. The molecule has 2 saturated heterocycles. The molecule has 14 unspecified atom stereocenters. The first-order valence-electron chi connectivity index (χ1n) is 18.6. The van der Waals surface area contributed by atoms with Gasteiger partial charge in [-0.05, 0) is 117 Å². The summed E-state index contributed by atoms with van der Waals surface area (Å²) in [5.74, 6) is 1.24. The summed E-state index contributed by atoms with van der Waals surface area (Å²) < 4.78 is 19.4. The van der Waals surface area contributed by atoms with Gasteiger partial charge >= 0.3 is 0 Å². The molecule has 5 N–H and O–H groups in total. The monoisotopic (exact) mass is 646 g/mol. The zero-order chi connectivity index (χ0) is 33.2. The van der Waals surface area contributed by atoms with Gasteiger partial charge in [0.15, 0.2) is 6.29 Å². The van der Waals surface area contributed by atoms with Crippen LogP contribution in [0, 0.1) is 45.3 Å². The standard InChI is InChI=1S/C37H62N2O7/c1-8-9-26(40)39-16-17-44-27(19-39)46-25-12-13-35-20-36(35)15-14-34(7)28-21(2)18-22(30(41)33(5,6)43)45-29(28)31(42)37(34,38)24(36)11-10-23(35)32(25,3)4/h21-25,27-31,41-43H,8-20,38H2,1-7H3. The normalized spacial score (nSPS) is 51.6. The number of ether oxygens (including phenoxy) is 3. The summed E-state index contributed by atoms with van der Waals surface area (Å²) in [6.45, 7) is 16.3. The summed E-state index contributed by atoms with van der Waals surface area (Å²) in [7, 11) is 0. The van der Waals surface area contributed by atoms with Crippen molar-refractivity contribution in [2.24, 2.45) is 51.1 Å². The van der Waals surface area contributed by atoms with E-state index in [0.29, 0.717) is 38.5 Å². The van der Waals surface area contributed by atoms with E-state index < -0.39 is 35.6 Å². The van der Waals surface area contributed by atoms with Gasteiger partial charge in [0.1, 0.15) is 6.10 Å². The third kappa shape index (κ3) is 4.40. The fourth-order valence-electron chi connectivity index (χ4n) is 13.3. The van der Waals surface area contributed by atoms with Gasteiger partial charge in [-0.15, -0.1) is 0 Å². The molecule has 0 aromatic rings. The Bertz CT molecular complexity index is 1210. The first kappa shape index (κ1) is 33.7. The lowest BCUT2D eigenvalue weighted by Crippen LogP contribution is -2.70. The molecule has 9 heteroatoms. The van der Waals surface area contributed by atoms with Crippen LogP contribution in [0.15, 0.2) is 0 Å². The number of aliphatic hydroxyl groups is 3. The van der Waals surface area contributed by atoms with Crippen molar-refractivity contribution in [3.63, 3.8) is 0 Å². The van der Waals surface area contributed by atoms with Crippen LogP contribution in [0.2, 0.25) is 0 Å². The minimum Gasteiger partial charge on any atom is -0.388 e. The Labute approximate surface area is 276 Å². The molecule has 0 bridgehead atoms. The highest BCUT2D eigenvalue weighted by atomic mass is 16.7. The zero-order valence-corrected chi connectivity index (χ0v) is 29.5. The van der Waals surface area contributed by atoms with Crippen LogP contribution in [-0.2, 0) is 19.0 Å². The second-order valence-corrected chi connectivity index (χ2v) is 18.3. The lowest BCUT2D eigenvalue weighted by Gasteiger charge is -2.63. The molecule has 0 aromatic heterocycles. The summed E-state index contributed by atoms with van der Waals surface area (Å²) in [5.41, 5.74) is 5.70. The third-order valence-corrected chi connectivity index (χ3v) is 15.5. The van der Waals surface area contributed by atoms with Crippen molar-refractivity contribution in [1.29, 1.82) is 0 Å². The SMILES string of the molecule is CCCC(=O)N1CCOC(OC2CCC34CC35CCC3(C)C6C(C)CC(C(O)C(C)(C)O)OC6C(O)C3(N)C5CCC4C2(C)C)C1. The highest BCUT2D eigenvalue weighted by Gasteiger charge is 2.85. The van der Waals surface area contributed by atoms with E-state index in [0.717, 1.165) is 44.9 Å². The largest absolute Gasteiger partial charge is 0.388 e. The van der Waals surface area contributed by atoms with Gasteiger partial charge in [0.25, 0.3) is 0 Å². The fourth-order valence-corrected chi connectivity index (χ4v) is 13.3. The molecule has 0 aromatic carbocycles. The molecule has 0 radical (unpaired) electrons. The van der Waals surface area contributed by atoms with E-state index in [-0.39, 0.29) is 57.7 Å². The molecule has 2 spiro atoms. The van der Waals surface area contributed by atoms with E-state index >= 15 is 0 Å². The number of carbonyl (C=O) groups is 1. The molecule has 7 fully saturated rings. The van der Waals surface area contributed by atoms with Crippen LogP contribution in [0.3, 0.4) is 0 Å². The first-order valence-corrected chi connectivity index (χ1v) is 18.6. The molecule has 7 rings (SSSR count). The molecule has 2 heterocycles. The van der Waals surface area contributed by atoms with Crippen LogP contribution in [-0.4, -0.2) is 93.8 Å². The van der Waals surface area contributed by atoms with E-state index in [2.05, 4.69) is 27.7 Å². The van der Waals surface area contributed by atoms with Gasteiger partial charge in [0, 0.05) is 13.0 Å². The molecule has 2 aliphatic heterocycles. The van der Waals surface area contributed by atoms with Crippen molar-refractivity contribution in [3.8, 4) is 0 Å². The van der Waals surface area contributed by atoms with Crippen LogP contribution >= 0.6 is 0 Å². The predicted octanol–water partition coefficient (Wildman–Crippen LogP) is 3.99. The van der Waals surface area contributed by atoms with Crippen molar-refractivity contribution in [2.45, 2.75) is 161 Å². The lowest BCUT2D eigenvalue weighted by molar-refractivity contribution is -0.245. The van der Waals surface area contributed by atoms with Crippen LogP contribution in [0.1, 0.15) is 113 Å². The number of aliphatic hydroxyl groups excluding tert-OH is 2. The summed E-state index contributed by atoms with van der Waals surface area (Å²) in [4.78, 5) is 14.5. The molecule has 5 saturated carbocycles. The molecule has 14 atom stereocenters. The first-order chi connectivity index (χ1) is 21.5. The number of rotatable bonds is 6. The van der Waals surface area contributed by atoms with E-state index in [9.17, 15) is 20.1 Å². The number of fused-ring (bicyclic) bond motifs is 4. The summed E-state index contributed by atoms with van der Waals surface area (Å²) in [6, 6.07) is 0. The maximum Gasteiger partial charge on any atom is 0.222 e. The topological polar surface area (TPSA) is 135 Å². The Morgan fingerprint density at radius 1 is 1.11 bits per heavy atom. The predicted molar refractivity (Wildman–Crippen MR) is 173 cm³/mol. The highest BCUT2D eigenvalue weighted by Crippen LogP contribution is 2.87. The number of nitrogens with zero attached hydrogens (tertiary/aromatic N) is 1. The second kappa shape index (κ2) is 10.8. The van der Waals surface area contributed by atoms with Gasteiger partial charge in [-0.1, -0.05) is 34.6 Å². The molecule has 7 aliphatic rings. The summed E-state index contributed by atoms with van der Waals surface area (Å²) in [5, 5.41) is 33.9. The summed E-state index contributed by atoms with van der Waals surface area (Å²) >= 11 is 0. The van der Waals surface area contributed by atoms with E-state index in [1.165, 1.54) is 6.42 Å². The van der Waals surface area contributed by atoms with E-state index in [4.69, 9.17) is 19.9 Å². The molecular formula is C37H62N2O7. The minimum absolute atomic E-state index is 0.0470. The molecule has 5 aliphatic carbocycles. The van der Waals surface area contributed by atoms with Crippen LogP contribution in [0.25, 0.3) is 0 Å². The third-order valence-electron chi connectivity index (χ3n) is 15.5.